The maximum atomic E-state index is 12.8. The summed E-state index contributed by atoms with van der Waals surface area (Å²) in [6.07, 6.45) is 6.21. The van der Waals surface area contributed by atoms with Gasteiger partial charge in [0.15, 0.2) is 0 Å². The number of methoxy groups -OCH3 is 2. The molecule has 0 fully saturated rings. The standard InChI is InChI=1S/C21H22BrNO6/c1-21(2,3)29-19(25)15-12-13(22)9-10-16(15)23-11-7-6-8-14(18(24)27-4)17(23)20(26)28-5/h6-12H,1-5H3. The lowest BCUT2D eigenvalue weighted by atomic mass is 10.1. The van der Waals surface area contributed by atoms with Gasteiger partial charge in [-0.1, -0.05) is 22.0 Å². The molecule has 1 aliphatic heterocycles. The van der Waals surface area contributed by atoms with Crippen LogP contribution in [0.4, 0.5) is 5.69 Å². The summed E-state index contributed by atoms with van der Waals surface area (Å²) in [5, 5.41) is 0. The number of hydrogen-bond acceptors (Lipinski definition) is 7. The van der Waals surface area contributed by atoms with Crippen LogP contribution in [0, 0.1) is 0 Å². The van der Waals surface area contributed by atoms with Crippen molar-refractivity contribution in [3.8, 4) is 0 Å². The Morgan fingerprint density at radius 2 is 1.62 bits per heavy atom. The number of nitrogens with zero attached hydrogens (tertiary/aromatic N) is 1. The molecule has 0 saturated heterocycles. The highest BCUT2D eigenvalue weighted by Gasteiger charge is 2.30. The molecule has 8 heteroatoms. The van der Waals surface area contributed by atoms with Crippen LogP contribution in [0.25, 0.3) is 0 Å². The summed E-state index contributed by atoms with van der Waals surface area (Å²) in [6, 6.07) is 4.93. The van der Waals surface area contributed by atoms with Crippen molar-refractivity contribution >= 4 is 39.5 Å². The number of anilines is 1. The van der Waals surface area contributed by atoms with E-state index in [0.717, 1.165) is 0 Å². The van der Waals surface area contributed by atoms with Crippen molar-refractivity contribution in [3.05, 3.63) is 63.9 Å². The van der Waals surface area contributed by atoms with Crippen molar-refractivity contribution in [2.75, 3.05) is 19.1 Å². The maximum Gasteiger partial charge on any atom is 0.355 e. The van der Waals surface area contributed by atoms with Crippen LogP contribution in [0.15, 0.2) is 58.4 Å². The van der Waals surface area contributed by atoms with Crippen LogP contribution in [-0.2, 0) is 23.8 Å². The van der Waals surface area contributed by atoms with Gasteiger partial charge in [-0.05, 0) is 51.1 Å². The minimum atomic E-state index is -0.764. The second kappa shape index (κ2) is 9.09. The van der Waals surface area contributed by atoms with Gasteiger partial charge in [-0.15, -0.1) is 0 Å². The van der Waals surface area contributed by atoms with Gasteiger partial charge in [0.1, 0.15) is 11.3 Å². The van der Waals surface area contributed by atoms with Crippen LogP contribution in [0.2, 0.25) is 0 Å². The first-order chi connectivity index (χ1) is 13.6. The Labute approximate surface area is 177 Å². The predicted octanol–water partition coefficient (Wildman–Crippen LogP) is 3.89. The minimum absolute atomic E-state index is 0.0117. The first-order valence-corrected chi connectivity index (χ1v) is 9.46. The Kier molecular flexibility index (Phi) is 7.02. The number of carbonyl (C=O) groups excluding carboxylic acids is 3. The number of rotatable bonds is 4. The molecule has 0 aromatic heterocycles. The molecule has 1 aromatic rings. The first kappa shape index (κ1) is 22.4. The molecule has 2 rings (SSSR count). The largest absolute Gasteiger partial charge is 0.465 e. The second-order valence-corrected chi connectivity index (χ2v) is 7.90. The number of hydrogen-bond donors (Lipinski definition) is 0. The summed E-state index contributed by atoms with van der Waals surface area (Å²) in [6.45, 7) is 5.27. The van der Waals surface area contributed by atoms with Crippen molar-refractivity contribution in [1.82, 2.24) is 0 Å². The van der Waals surface area contributed by atoms with E-state index in [1.54, 1.807) is 57.3 Å². The average molecular weight is 464 g/mol. The topological polar surface area (TPSA) is 82.1 Å². The Morgan fingerprint density at radius 3 is 2.21 bits per heavy atom. The number of carbonyl (C=O) groups is 3. The lowest BCUT2D eigenvalue weighted by Crippen LogP contribution is -2.29. The number of benzene rings is 1. The smallest absolute Gasteiger partial charge is 0.355 e. The Bertz CT molecular complexity index is 924. The van der Waals surface area contributed by atoms with Gasteiger partial charge in [0, 0.05) is 10.7 Å². The minimum Gasteiger partial charge on any atom is -0.465 e. The van der Waals surface area contributed by atoms with E-state index in [-0.39, 0.29) is 16.8 Å². The third-order valence-electron chi connectivity index (χ3n) is 3.73. The van der Waals surface area contributed by atoms with Crippen molar-refractivity contribution in [2.24, 2.45) is 0 Å². The van der Waals surface area contributed by atoms with Crippen molar-refractivity contribution in [2.45, 2.75) is 26.4 Å². The molecule has 0 N–H and O–H groups in total. The fraction of sp³-hybridized carbons (Fsp3) is 0.286. The highest BCUT2D eigenvalue weighted by molar-refractivity contribution is 9.10. The third-order valence-corrected chi connectivity index (χ3v) is 4.22. The molecule has 0 amide bonds. The van der Waals surface area contributed by atoms with Crippen LogP contribution >= 0.6 is 15.9 Å². The summed E-state index contributed by atoms with van der Waals surface area (Å²) < 4.78 is 15.9. The van der Waals surface area contributed by atoms with Gasteiger partial charge in [-0.3, -0.25) is 0 Å². The molecule has 1 aromatic carbocycles. The molecule has 0 aliphatic carbocycles. The van der Waals surface area contributed by atoms with Gasteiger partial charge in [0.05, 0.1) is 31.0 Å². The number of allylic oxidation sites excluding steroid dienone is 2. The van der Waals surface area contributed by atoms with E-state index in [0.29, 0.717) is 10.2 Å². The molecule has 0 atom stereocenters. The SMILES string of the molecule is COC(=O)C1=C(C(=O)OC)N(c2ccc(Br)cc2C(=O)OC(C)(C)C)C=CC=C1. The Balaban J connectivity index is 2.72. The molecule has 7 nitrogen and oxygen atoms in total. The van der Waals surface area contributed by atoms with Gasteiger partial charge in [-0.25, -0.2) is 14.4 Å². The highest BCUT2D eigenvalue weighted by Crippen LogP contribution is 2.32. The molecule has 29 heavy (non-hydrogen) atoms. The summed E-state index contributed by atoms with van der Waals surface area (Å²) >= 11 is 3.35. The Morgan fingerprint density at radius 1 is 0.966 bits per heavy atom. The summed E-state index contributed by atoms with van der Waals surface area (Å²) in [5.41, 5.74) is -0.278. The molecule has 0 saturated carbocycles. The average Bonchev–Trinajstić information content (AvgIpc) is 2.88. The summed E-state index contributed by atoms with van der Waals surface area (Å²) in [4.78, 5) is 39.1. The quantitative estimate of drug-likeness (QED) is 0.494. The number of esters is 3. The van der Waals surface area contributed by atoms with Crippen molar-refractivity contribution < 1.29 is 28.6 Å². The van der Waals surface area contributed by atoms with Gasteiger partial charge < -0.3 is 19.1 Å². The van der Waals surface area contributed by atoms with Gasteiger partial charge in [0.2, 0.25) is 0 Å². The summed E-state index contributed by atoms with van der Waals surface area (Å²) in [7, 11) is 2.42. The second-order valence-electron chi connectivity index (χ2n) is 6.98. The fourth-order valence-electron chi connectivity index (χ4n) is 2.57. The normalized spacial score (nSPS) is 13.8. The lowest BCUT2D eigenvalue weighted by molar-refractivity contribution is -0.139. The molecular weight excluding hydrogens is 442 g/mol. The molecule has 0 spiro atoms. The molecule has 0 unspecified atom stereocenters. The molecule has 0 bridgehead atoms. The summed E-state index contributed by atoms with van der Waals surface area (Å²) in [5.74, 6) is -2.06. The van der Waals surface area contributed by atoms with Crippen LogP contribution in [0.3, 0.4) is 0 Å². The monoisotopic (exact) mass is 463 g/mol. The molecule has 0 radical (unpaired) electrons. The van der Waals surface area contributed by atoms with Crippen LogP contribution < -0.4 is 4.90 Å². The lowest BCUT2D eigenvalue weighted by Gasteiger charge is -2.26. The molecular formula is C21H22BrNO6. The molecule has 1 aliphatic rings. The van der Waals surface area contributed by atoms with E-state index in [1.165, 1.54) is 25.2 Å². The first-order valence-electron chi connectivity index (χ1n) is 8.67. The van der Waals surface area contributed by atoms with E-state index in [4.69, 9.17) is 14.2 Å². The number of halogens is 1. The van der Waals surface area contributed by atoms with E-state index < -0.39 is 23.5 Å². The zero-order valence-corrected chi connectivity index (χ0v) is 18.4. The van der Waals surface area contributed by atoms with Crippen molar-refractivity contribution in [1.29, 1.82) is 0 Å². The van der Waals surface area contributed by atoms with Crippen LogP contribution in [-0.4, -0.2) is 37.7 Å². The van der Waals surface area contributed by atoms with E-state index >= 15 is 0 Å². The van der Waals surface area contributed by atoms with E-state index in [1.807, 2.05) is 0 Å². The maximum absolute atomic E-state index is 12.8. The zero-order valence-electron chi connectivity index (χ0n) is 16.8. The number of ether oxygens (including phenoxy) is 3. The van der Waals surface area contributed by atoms with Gasteiger partial charge in [0.25, 0.3) is 0 Å². The molecule has 1 heterocycles. The fourth-order valence-corrected chi connectivity index (χ4v) is 2.93. The third kappa shape index (κ3) is 5.35. The van der Waals surface area contributed by atoms with E-state index in [2.05, 4.69) is 15.9 Å². The van der Waals surface area contributed by atoms with E-state index in [9.17, 15) is 14.4 Å². The van der Waals surface area contributed by atoms with Crippen LogP contribution in [0.5, 0.6) is 0 Å². The predicted molar refractivity (Wildman–Crippen MR) is 111 cm³/mol. The Hall–Kier alpha value is -2.87. The van der Waals surface area contributed by atoms with Crippen molar-refractivity contribution in [3.63, 3.8) is 0 Å². The zero-order chi connectivity index (χ0) is 21.8. The highest BCUT2D eigenvalue weighted by atomic mass is 79.9. The van der Waals surface area contributed by atoms with Crippen LogP contribution in [0.1, 0.15) is 31.1 Å². The van der Waals surface area contributed by atoms with Gasteiger partial charge in [-0.2, -0.15) is 0 Å². The van der Waals surface area contributed by atoms with Gasteiger partial charge >= 0.3 is 17.9 Å². The molecule has 154 valence electrons.